The van der Waals surface area contributed by atoms with E-state index in [0.717, 1.165) is 28.4 Å². The molecule has 5 heteroatoms. The van der Waals surface area contributed by atoms with Crippen LogP contribution in [-0.2, 0) is 6.61 Å². The zero-order valence-electron chi connectivity index (χ0n) is 16.7. The fourth-order valence-electron chi connectivity index (χ4n) is 2.83. The van der Waals surface area contributed by atoms with Gasteiger partial charge in [0.1, 0.15) is 18.2 Å². The summed E-state index contributed by atoms with van der Waals surface area (Å²) in [6, 6.07) is 17.4. The largest absolute Gasteiger partial charge is 0.489 e. The molecule has 3 rings (SSSR count). The fraction of sp³-hybridized carbons (Fsp3) is 0.217. The van der Waals surface area contributed by atoms with Crippen molar-refractivity contribution >= 4 is 17.4 Å². The second-order valence-corrected chi connectivity index (χ2v) is 7.01. The molecule has 1 aromatic heterocycles. The van der Waals surface area contributed by atoms with Gasteiger partial charge < -0.3 is 15.0 Å². The number of rotatable bonds is 6. The minimum atomic E-state index is -0.165. The minimum absolute atomic E-state index is 0.165. The summed E-state index contributed by atoms with van der Waals surface area (Å²) in [6.45, 7) is 4.53. The zero-order chi connectivity index (χ0) is 20.1. The highest BCUT2D eigenvalue weighted by atomic mass is 16.5. The zero-order valence-corrected chi connectivity index (χ0v) is 16.7. The van der Waals surface area contributed by atoms with Gasteiger partial charge in [0.15, 0.2) is 0 Å². The third kappa shape index (κ3) is 4.88. The molecule has 0 fully saturated rings. The van der Waals surface area contributed by atoms with Crippen LogP contribution in [0.3, 0.4) is 0 Å². The van der Waals surface area contributed by atoms with Gasteiger partial charge in [-0.2, -0.15) is 0 Å². The number of anilines is 2. The predicted octanol–water partition coefficient (Wildman–Crippen LogP) is 4.60. The first-order valence-electron chi connectivity index (χ1n) is 9.16. The summed E-state index contributed by atoms with van der Waals surface area (Å²) in [6.07, 6.45) is 1.64. The number of pyridine rings is 1. The van der Waals surface area contributed by atoms with Crippen LogP contribution in [0.4, 0.5) is 11.5 Å². The Balaban J connectivity index is 1.67. The first-order chi connectivity index (χ1) is 13.4. The van der Waals surface area contributed by atoms with Gasteiger partial charge in [0.25, 0.3) is 5.91 Å². The summed E-state index contributed by atoms with van der Waals surface area (Å²) in [5, 5.41) is 2.96. The molecule has 0 saturated carbocycles. The molecule has 5 nitrogen and oxygen atoms in total. The molecular formula is C23H25N3O2. The summed E-state index contributed by atoms with van der Waals surface area (Å²) in [5.74, 6) is 1.35. The Morgan fingerprint density at radius 1 is 1.07 bits per heavy atom. The van der Waals surface area contributed by atoms with Gasteiger partial charge in [0.05, 0.1) is 0 Å². The highest BCUT2D eigenvalue weighted by molar-refractivity contribution is 6.05. The molecule has 28 heavy (non-hydrogen) atoms. The molecule has 1 N–H and O–H groups in total. The van der Waals surface area contributed by atoms with Crippen molar-refractivity contribution in [1.82, 2.24) is 4.98 Å². The summed E-state index contributed by atoms with van der Waals surface area (Å²) >= 11 is 0. The van der Waals surface area contributed by atoms with E-state index in [4.69, 9.17) is 4.74 Å². The Labute approximate surface area is 166 Å². The number of benzene rings is 2. The second-order valence-electron chi connectivity index (χ2n) is 7.01. The highest BCUT2D eigenvalue weighted by Gasteiger charge is 2.10. The summed E-state index contributed by atoms with van der Waals surface area (Å²) in [4.78, 5) is 18.7. The van der Waals surface area contributed by atoms with Crippen LogP contribution < -0.4 is 15.0 Å². The number of carbonyl (C=O) groups excluding carboxylic acids is 1. The molecule has 3 aromatic rings. The van der Waals surface area contributed by atoms with E-state index in [0.29, 0.717) is 12.2 Å². The fourth-order valence-corrected chi connectivity index (χ4v) is 2.83. The monoisotopic (exact) mass is 375 g/mol. The van der Waals surface area contributed by atoms with Gasteiger partial charge >= 0.3 is 0 Å². The van der Waals surface area contributed by atoms with Gasteiger partial charge in [0.2, 0.25) is 0 Å². The first-order valence-corrected chi connectivity index (χ1v) is 9.16. The van der Waals surface area contributed by atoms with Crippen LogP contribution >= 0.6 is 0 Å². The third-order valence-electron chi connectivity index (χ3n) is 4.40. The smallest absolute Gasteiger partial charge is 0.255 e. The molecule has 0 bridgehead atoms. The second kappa shape index (κ2) is 8.57. The maximum absolute atomic E-state index is 12.6. The van der Waals surface area contributed by atoms with Gasteiger partial charge in [-0.3, -0.25) is 4.79 Å². The van der Waals surface area contributed by atoms with Gasteiger partial charge in [-0.1, -0.05) is 29.8 Å². The molecule has 2 aromatic carbocycles. The maximum Gasteiger partial charge on any atom is 0.255 e. The highest BCUT2D eigenvalue weighted by Crippen LogP contribution is 2.23. The average molecular weight is 375 g/mol. The molecule has 0 saturated heterocycles. The number of aromatic nitrogens is 1. The van der Waals surface area contributed by atoms with Crippen molar-refractivity contribution in [3.63, 3.8) is 0 Å². The van der Waals surface area contributed by atoms with Gasteiger partial charge in [-0.05, 0) is 55.3 Å². The number of hydrogen-bond acceptors (Lipinski definition) is 4. The molecule has 0 aliphatic rings. The van der Waals surface area contributed by atoms with Crippen molar-refractivity contribution in [3.05, 3.63) is 83.0 Å². The van der Waals surface area contributed by atoms with E-state index in [2.05, 4.69) is 29.4 Å². The lowest BCUT2D eigenvalue weighted by atomic mass is 10.1. The van der Waals surface area contributed by atoms with E-state index in [1.807, 2.05) is 56.3 Å². The van der Waals surface area contributed by atoms with Crippen molar-refractivity contribution in [2.75, 3.05) is 24.3 Å². The molecule has 0 unspecified atom stereocenters. The Bertz CT molecular complexity index is 983. The molecule has 0 radical (unpaired) electrons. The minimum Gasteiger partial charge on any atom is -0.489 e. The van der Waals surface area contributed by atoms with Crippen LogP contribution in [0, 0.1) is 13.8 Å². The lowest BCUT2D eigenvalue weighted by Gasteiger charge is -2.14. The average Bonchev–Trinajstić information content (AvgIpc) is 2.68. The van der Waals surface area contributed by atoms with Crippen LogP contribution in [0.25, 0.3) is 0 Å². The van der Waals surface area contributed by atoms with Crippen LogP contribution in [0.15, 0.2) is 60.8 Å². The van der Waals surface area contributed by atoms with E-state index < -0.39 is 0 Å². The summed E-state index contributed by atoms with van der Waals surface area (Å²) in [7, 11) is 3.79. The standard InChI is InChI=1S/C23H25N3O2/c1-16-6-5-7-18(12-16)15-28-20-8-9-21(17(2)13-20)25-23(27)19-10-11-24-22(14-19)26(3)4/h5-14H,15H2,1-4H3,(H,25,27). The number of ether oxygens (including phenoxy) is 1. The van der Waals surface area contributed by atoms with E-state index in [1.54, 1.807) is 18.3 Å². The number of carbonyl (C=O) groups is 1. The molecular weight excluding hydrogens is 350 g/mol. The van der Waals surface area contributed by atoms with E-state index in [1.165, 1.54) is 5.56 Å². The number of aryl methyl sites for hydroxylation is 2. The predicted molar refractivity (Wildman–Crippen MR) is 113 cm³/mol. The van der Waals surface area contributed by atoms with Gasteiger partial charge in [-0.15, -0.1) is 0 Å². The number of nitrogens with zero attached hydrogens (tertiary/aromatic N) is 2. The molecule has 0 spiro atoms. The van der Waals surface area contributed by atoms with Crippen molar-refractivity contribution in [1.29, 1.82) is 0 Å². The van der Waals surface area contributed by atoms with Crippen molar-refractivity contribution in [2.24, 2.45) is 0 Å². The maximum atomic E-state index is 12.6. The lowest BCUT2D eigenvalue weighted by molar-refractivity contribution is 0.102. The summed E-state index contributed by atoms with van der Waals surface area (Å²) < 4.78 is 5.89. The van der Waals surface area contributed by atoms with E-state index in [-0.39, 0.29) is 5.91 Å². The topological polar surface area (TPSA) is 54.5 Å². The molecule has 1 heterocycles. The Kier molecular flexibility index (Phi) is 5.94. The van der Waals surface area contributed by atoms with Crippen molar-refractivity contribution in [2.45, 2.75) is 20.5 Å². The van der Waals surface area contributed by atoms with Crippen LogP contribution in [0.5, 0.6) is 5.75 Å². The Morgan fingerprint density at radius 2 is 1.89 bits per heavy atom. The van der Waals surface area contributed by atoms with Crippen molar-refractivity contribution in [3.8, 4) is 5.75 Å². The Hall–Kier alpha value is -3.34. The Morgan fingerprint density at radius 3 is 2.61 bits per heavy atom. The van der Waals surface area contributed by atoms with Crippen LogP contribution in [0.1, 0.15) is 27.0 Å². The summed E-state index contributed by atoms with van der Waals surface area (Å²) in [5.41, 5.74) is 4.61. The van der Waals surface area contributed by atoms with E-state index >= 15 is 0 Å². The molecule has 0 aliphatic carbocycles. The molecule has 1 amide bonds. The van der Waals surface area contributed by atoms with Gasteiger partial charge in [0, 0.05) is 31.5 Å². The number of amides is 1. The van der Waals surface area contributed by atoms with Crippen molar-refractivity contribution < 1.29 is 9.53 Å². The van der Waals surface area contributed by atoms with E-state index in [9.17, 15) is 4.79 Å². The van der Waals surface area contributed by atoms with Crippen LogP contribution in [-0.4, -0.2) is 25.0 Å². The molecule has 0 atom stereocenters. The third-order valence-corrected chi connectivity index (χ3v) is 4.40. The number of nitrogens with one attached hydrogen (secondary N) is 1. The molecule has 144 valence electrons. The quantitative estimate of drug-likeness (QED) is 0.684. The lowest BCUT2D eigenvalue weighted by Crippen LogP contribution is -2.15. The normalized spacial score (nSPS) is 10.4. The number of hydrogen-bond donors (Lipinski definition) is 1. The SMILES string of the molecule is Cc1cccc(COc2ccc(NC(=O)c3ccnc(N(C)C)c3)c(C)c2)c1. The first kappa shape index (κ1) is 19.4. The van der Waals surface area contributed by atoms with Gasteiger partial charge in [-0.25, -0.2) is 4.98 Å². The van der Waals surface area contributed by atoms with Crippen LogP contribution in [0.2, 0.25) is 0 Å². The molecule has 0 aliphatic heterocycles.